The number of carbonyl (C=O) groups is 1. The molecule has 0 spiro atoms. The fourth-order valence-electron chi connectivity index (χ4n) is 3.62. The van der Waals surface area contributed by atoms with E-state index in [-0.39, 0.29) is 5.92 Å². The van der Waals surface area contributed by atoms with E-state index in [4.69, 9.17) is 33.4 Å². The van der Waals surface area contributed by atoms with E-state index in [1.165, 1.54) is 7.11 Å². The summed E-state index contributed by atoms with van der Waals surface area (Å²) >= 11 is 0. The number of methoxy groups -OCH3 is 1. The Morgan fingerprint density at radius 1 is 1.06 bits per heavy atom. The van der Waals surface area contributed by atoms with E-state index in [2.05, 4.69) is 12.7 Å². The summed E-state index contributed by atoms with van der Waals surface area (Å²) in [6, 6.07) is 9.05. The van der Waals surface area contributed by atoms with E-state index in [1.807, 2.05) is 32.9 Å². The molecule has 7 heteroatoms. The third kappa shape index (κ3) is 5.12. The first kappa shape index (κ1) is 25.0. The number of nitrogens with two attached hydrogens (primary N) is 5. The molecule has 0 fully saturated rings. The van der Waals surface area contributed by atoms with Crippen LogP contribution in [0.4, 0.5) is 17.1 Å². The molecule has 0 bridgehead atoms. The van der Waals surface area contributed by atoms with Crippen molar-refractivity contribution in [1.29, 1.82) is 0 Å². The molecular weight excluding hydrogens is 402 g/mol. The largest absolute Gasteiger partial charge is 0.465 e. The highest BCUT2D eigenvalue weighted by Gasteiger charge is 2.28. The summed E-state index contributed by atoms with van der Waals surface area (Å²) < 4.78 is 4.92. The predicted octanol–water partition coefficient (Wildman–Crippen LogP) is 3.50. The molecule has 0 heterocycles. The van der Waals surface area contributed by atoms with Crippen LogP contribution < -0.4 is 28.7 Å². The Bertz CT molecular complexity index is 1040. The van der Waals surface area contributed by atoms with E-state index in [0.717, 1.165) is 16.7 Å². The molecule has 0 radical (unpaired) electrons. The minimum atomic E-state index is -0.924. The zero-order valence-corrected chi connectivity index (χ0v) is 19.5. The summed E-state index contributed by atoms with van der Waals surface area (Å²) in [6.45, 7) is 11.4. The van der Waals surface area contributed by atoms with Crippen molar-refractivity contribution in [3.05, 3.63) is 71.3 Å². The van der Waals surface area contributed by atoms with E-state index < -0.39 is 17.0 Å². The van der Waals surface area contributed by atoms with Crippen molar-refractivity contribution in [2.24, 2.45) is 11.5 Å². The van der Waals surface area contributed by atoms with Crippen LogP contribution in [-0.4, -0.2) is 18.6 Å². The van der Waals surface area contributed by atoms with Crippen LogP contribution in [0.3, 0.4) is 0 Å². The number of ether oxygens (including phenoxy) is 1. The third-order valence-electron chi connectivity index (χ3n) is 5.73. The molecule has 0 saturated carbocycles. The van der Waals surface area contributed by atoms with Crippen molar-refractivity contribution < 1.29 is 9.53 Å². The maximum Gasteiger partial charge on any atom is 0.338 e. The summed E-state index contributed by atoms with van der Waals surface area (Å²) in [5, 5.41) is 0. The lowest BCUT2D eigenvalue weighted by Gasteiger charge is -2.30. The van der Waals surface area contributed by atoms with Gasteiger partial charge in [-0.15, -0.1) is 6.58 Å². The molecule has 2 aromatic rings. The highest BCUT2D eigenvalue weighted by Crippen LogP contribution is 2.36. The number of anilines is 3. The monoisotopic (exact) mass is 437 g/mol. The number of rotatable bonds is 7. The Kier molecular flexibility index (Phi) is 7.07. The Morgan fingerprint density at radius 3 is 2.09 bits per heavy atom. The van der Waals surface area contributed by atoms with Crippen LogP contribution in [0.15, 0.2) is 49.1 Å². The summed E-state index contributed by atoms with van der Waals surface area (Å²) in [6.07, 6.45) is 3.66. The predicted molar refractivity (Wildman–Crippen MR) is 134 cm³/mol. The summed E-state index contributed by atoms with van der Waals surface area (Å²) in [4.78, 5) is 12.3. The molecular formula is C25H35N5O2. The number of allylic oxidation sites excluding steroid dienone is 1. The van der Waals surface area contributed by atoms with Crippen LogP contribution in [0.1, 0.15) is 60.7 Å². The van der Waals surface area contributed by atoms with Gasteiger partial charge in [0.2, 0.25) is 0 Å². The van der Waals surface area contributed by atoms with Crippen LogP contribution in [0.25, 0.3) is 5.57 Å². The molecule has 7 nitrogen and oxygen atoms in total. The first-order valence-electron chi connectivity index (χ1n) is 10.3. The van der Waals surface area contributed by atoms with Gasteiger partial charge in [0.15, 0.2) is 0 Å². The third-order valence-corrected chi connectivity index (χ3v) is 5.73. The van der Waals surface area contributed by atoms with Crippen LogP contribution >= 0.6 is 0 Å². The van der Waals surface area contributed by atoms with Crippen molar-refractivity contribution in [1.82, 2.24) is 0 Å². The Hall–Kier alpha value is -3.29. The number of hydrogen-bond donors (Lipinski definition) is 5. The van der Waals surface area contributed by atoms with Gasteiger partial charge in [0, 0.05) is 11.5 Å². The van der Waals surface area contributed by atoms with Gasteiger partial charge in [-0.25, -0.2) is 4.79 Å². The molecule has 0 aliphatic heterocycles. The molecule has 0 saturated heterocycles. The number of nitrogen functional groups attached to an aromatic ring is 3. The zero-order chi connectivity index (χ0) is 24.4. The lowest BCUT2D eigenvalue weighted by molar-refractivity contribution is 0.0598. The second-order valence-corrected chi connectivity index (χ2v) is 9.00. The van der Waals surface area contributed by atoms with Crippen LogP contribution in [0.5, 0.6) is 0 Å². The average molecular weight is 438 g/mol. The van der Waals surface area contributed by atoms with Gasteiger partial charge in [0.25, 0.3) is 0 Å². The van der Waals surface area contributed by atoms with E-state index in [9.17, 15) is 4.79 Å². The molecule has 0 aliphatic rings. The van der Waals surface area contributed by atoms with Gasteiger partial charge >= 0.3 is 5.97 Å². The van der Waals surface area contributed by atoms with Gasteiger partial charge in [-0.3, -0.25) is 0 Å². The molecule has 0 aromatic heterocycles. The smallest absolute Gasteiger partial charge is 0.338 e. The fourth-order valence-corrected chi connectivity index (χ4v) is 3.62. The van der Waals surface area contributed by atoms with Crippen molar-refractivity contribution in [3.63, 3.8) is 0 Å². The van der Waals surface area contributed by atoms with Crippen molar-refractivity contribution >= 4 is 28.6 Å². The highest BCUT2D eigenvalue weighted by atomic mass is 16.5. The maximum atomic E-state index is 12.3. The minimum Gasteiger partial charge on any atom is -0.465 e. The SMILES string of the molecule is C=CC(C)(N)c1cc(/C(C)=C/C(c2cc(N)c(N)c(N)c2)C(C)(C)N)ccc1C(=O)OC. The summed E-state index contributed by atoms with van der Waals surface area (Å²) in [7, 11) is 1.34. The second kappa shape index (κ2) is 9.06. The molecule has 2 unspecified atom stereocenters. The normalized spacial score (nSPS) is 15.0. The molecule has 2 rings (SSSR count). The van der Waals surface area contributed by atoms with Crippen LogP contribution in [0.2, 0.25) is 0 Å². The summed E-state index contributed by atoms with van der Waals surface area (Å²) in [5.74, 6) is -0.666. The molecule has 2 atom stereocenters. The molecule has 0 aliphatic carbocycles. The van der Waals surface area contributed by atoms with Gasteiger partial charge in [-0.1, -0.05) is 18.2 Å². The van der Waals surface area contributed by atoms with E-state index >= 15 is 0 Å². The van der Waals surface area contributed by atoms with Gasteiger partial charge in [-0.2, -0.15) is 0 Å². The molecule has 32 heavy (non-hydrogen) atoms. The van der Waals surface area contributed by atoms with Crippen LogP contribution in [0, 0.1) is 0 Å². The Morgan fingerprint density at radius 2 is 1.62 bits per heavy atom. The number of hydrogen-bond acceptors (Lipinski definition) is 7. The van der Waals surface area contributed by atoms with Crippen molar-refractivity contribution in [2.75, 3.05) is 24.3 Å². The molecule has 2 aromatic carbocycles. The standard InChI is InChI=1S/C25H35N5O2/c1-7-25(5,30)19-11-15(8-9-17(19)23(31)32-6)14(2)10-18(24(3,4)29)16-12-20(26)22(28)21(27)13-16/h7-13,18H,1,26-30H2,2-6H3/b14-10+. The van der Waals surface area contributed by atoms with Crippen molar-refractivity contribution in [2.45, 2.75) is 44.7 Å². The average Bonchev–Trinajstić information content (AvgIpc) is 2.73. The lowest BCUT2D eigenvalue weighted by atomic mass is 9.80. The Labute approximate surface area is 190 Å². The van der Waals surface area contributed by atoms with E-state index in [0.29, 0.717) is 28.2 Å². The van der Waals surface area contributed by atoms with Gasteiger partial charge in [-0.05, 0) is 74.2 Å². The van der Waals surface area contributed by atoms with E-state index in [1.54, 1.807) is 31.2 Å². The minimum absolute atomic E-state index is 0.208. The molecule has 10 N–H and O–H groups in total. The van der Waals surface area contributed by atoms with Gasteiger partial charge in [0.05, 0.1) is 35.3 Å². The number of carbonyl (C=O) groups excluding carboxylic acids is 1. The highest BCUT2D eigenvalue weighted by molar-refractivity contribution is 5.92. The number of benzene rings is 2. The topological polar surface area (TPSA) is 156 Å². The molecule has 172 valence electrons. The van der Waals surface area contributed by atoms with Crippen LogP contribution in [-0.2, 0) is 10.3 Å². The summed E-state index contributed by atoms with van der Waals surface area (Å²) in [5.41, 5.74) is 34.3. The maximum absolute atomic E-state index is 12.3. The zero-order valence-electron chi connectivity index (χ0n) is 19.5. The van der Waals surface area contributed by atoms with Crippen molar-refractivity contribution in [3.8, 4) is 0 Å². The Balaban J connectivity index is 2.65. The lowest BCUT2D eigenvalue weighted by Crippen LogP contribution is -2.38. The first-order chi connectivity index (χ1) is 14.7. The second-order valence-electron chi connectivity index (χ2n) is 9.00. The first-order valence-corrected chi connectivity index (χ1v) is 10.3. The molecule has 0 amide bonds. The quantitative estimate of drug-likeness (QED) is 0.252. The number of esters is 1. The van der Waals surface area contributed by atoms with Gasteiger partial charge < -0.3 is 33.4 Å². The van der Waals surface area contributed by atoms with Gasteiger partial charge in [0.1, 0.15) is 0 Å². The fraction of sp³-hybridized carbons (Fsp3) is 0.320.